The molecule has 2 aromatic rings. The summed E-state index contributed by atoms with van der Waals surface area (Å²) in [4.78, 5) is 14.8. The average molecular weight is 272 g/mol. The van der Waals surface area contributed by atoms with Gasteiger partial charge in [-0.05, 0) is 30.3 Å². The minimum Gasteiger partial charge on any atom is -0.399 e. The molecule has 0 spiro atoms. The van der Waals surface area contributed by atoms with Gasteiger partial charge < -0.3 is 10.6 Å². The van der Waals surface area contributed by atoms with Crippen molar-refractivity contribution in [2.45, 2.75) is 4.90 Å². The van der Waals surface area contributed by atoms with Crippen LogP contribution in [0, 0.1) is 0 Å². The van der Waals surface area contributed by atoms with Crippen LogP contribution in [-0.2, 0) is 4.79 Å². The Balaban J connectivity index is 1.96. The molecule has 0 bridgehead atoms. The van der Waals surface area contributed by atoms with Crippen LogP contribution in [0.3, 0.4) is 0 Å². The molecule has 0 unspecified atom stereocenters. The number of hydrogen-bond acceptors (Lipinski definition) is 3. The fourth-order valence-corrected chi connectivity index (χ4v) is 2.47. The van der Waals surface area contributed by atoms with Crippen molar-refractivity contribution in [2.24, 2.45) is 0 Å². The van der Waals surface area contributed by atoms with Gasteiger partial charge in [0.15, 0.2) is 0 Å². The Labute approximate surface area is 117 Å². The molecular weight excluding hydrogens is 256 g/mol. The monoisotopic (exact) mass is 272 g/mol. The largest absolute Gasteiger partial charge is 0.399 e. The molecule has 4 heteroatoms. The molecule has 0 aliphatic carbocycles. The van der Waals surface area contributed by atoms with E-state index < -0.39 is 0 Å². The molecule has 98 valence electrons. The van der Waals surface area contributed by atoms with Gasteiger partial charge in [0.2, 0.25) is 5.91 Å². The zero-order valence-electron chi connectivity index (χ0n) is 10.7. The third-order valence-corrected chi connectivity index (χ3v) is 3.73. The summed E-state index contributed by atoms with van der Waals surface area (Å²) < 4.78 is 0. The maximum atomic E-state index is 12.1. The van der Waals surface area contributed by atoms with E-state index in [1.54, 1.807) is 24.1 Å². The molecule has 0 aliphatic heterocycles. The Morgan fingerprint density at radius 3 is 2.58 bits per heavy atom. The van der Waals surface area contributed by atoms with Gasteiger partial charge in [-0.1, -0.05) is 24.3 Å². The molecule has 0 radical (unpaired) electrons. The van der Waals surface area contributed by atoms with Crippen molar-refractivity contribution in [1.82, 2.24) is 0 Å². The summed E-state index contributed by atoms with van der Waals surface area (Å²) in [5, 5.41) is 0. The maximum absolute atomic E-state index is 12.1. The summed E-state index contributed by atoms with van der Waals surface area (Å²) in [7, 11) is 1.77. The van der Waals surface area contributed by atoms with E-state index in [0.717, 1.165) is 10.6 Å². The maximum Gasteiger partial charge on any atom is 0.237 e. The van der Waals surface area contributed by atoms with Gasteiger partial charge in [0.05, 0.1) is 5.75 Å². The zero-order chi connectivity index (χ0) is 13.7. The first-order valence-electron chi connectivity index (χ1n) is 5.97. The molecule has 2 aromatic carbocycles. The first-order chi connectivity index (χ1) is 9.16. The minimum atomic E-state index is 0.0550. The number of rotatable bonds is 4. The highest BCUT2D eigenvalue weighted by Gasteiger charge is 2.11. The summed E-state index contributed by atoms with van der Waals surface area (Å²) in [5.74, 6) is 0.467. The van der Waals surface area contributed by atoms with Crippen molar-refractivity contribution in [1.29, 1.82) is 0 Å². The molecule has 3 nitrogen and oxygen atoms in total. The minimum absolute atomic E-state index is 0.0550. The van der Waals surface area contributed by atoms with E-state index in [-0.39, 0.29) is 5.91 Å². The summed E-state index contributed by atoms with van der Waals surface area (Å²) in [6.07, 6.45) is 0. The van der Waals surface area contributed by atoms with Crippen molar-refractivity contribution < 1.29 is 4.79 Å². The molecule has 19 heavy (non-hydrogen) atoms. The van der Waals surface area contributed by atoms with E-state index in [1.807, 2.05) is 42.5 Å². The molecule has 0 saturated carbocycles. The second kappa shape index (κ2) is 6.29. The fourth-order valence-electron chi connectivity index (χ4n) is 1.64. The lowest BCUT2D eigenvalue weighted by Gasteiger charge is -2.17. The highest BCUT2D eigenvalue weighted by Crippen LogP contribution is 2.20. The summed E-state index contributed by atoms with van der Waals surface area (Å²) >= 11 is 1.53. The van der Waals surface area contributed by atoms with Crippen LogP contribution < -0.4 is 10.6 Å². The lowest BCUT2D eigenvalue weighted by atomic mass is 10.2. The van der Waals surface area contributed by atoms with Gasteiger partial charge in [-0.2, -0.15) is 0 Å². The molecular formula is C15H16N2OS. The van der Waals surface area contributed by atoms with Crippen LogP contribution in [-0.4, -0.2) is 18.7 Å². The number of benzene rings is 2. The SMILES string of the molecule is CN(C(=O)CSc1ccccc1)c1cccc(N)c1. The number of nitrogen functional groups attached to an aromatic ring is 1. The molecule has 2 N–H and O–H groups in total. The van der Waals surface area contributed by atoms with Crippen LogP contribution in [0.25, 0.3) is 0 Å². The predicted octanol–water partition coefficient (Wildman–Crippen LogP) is 3.02. The van der Waals surface area contributed by atoms with Gasteiger partial charge in [0.1, 0.15) is 0 Å². The van der Waals surface area contributed by atoms with Crippen molar-refractivity contribution in [3.8, 4) is 0 Å². The molecule has 1 amide bonds. The van der Waals surface area contributed by atoms with Gasteiger partial charge in [-0.15, -0.1) is 11.8 Å². The normalized spacial score (nSPS) is 10.2. The Bertz CT molecular complexity index is 557. The Morgan fingerprint density at radius 1 is 1.16 bits per heavy atom. The molecule has 0 heterocycles. The quantitative estimate of drug-likeness (QED) is 0.687. The van der Waals surface area contributed by atoms with Crippen LogP contribution in [0.2, 0.25) is 0 Å². The van der Waals surface area contributed by atoms with E-state index in [4.69, 9.17) is 5.73 Å². The number of hydrogen-bond donors (Lipinski definition) is 1. The van der Waals surface area contributed by atoms with Crippen LogP contribution in [0.4, 0.5) is 11.4 Å². The molecule has 0 atom stereocenters. The summed E-state index contributed by atoms with van der Waals surface area (Å²) in [6, 6.07) is 17.2. The van der Waals surface area contributed by atoms with Crippen molar-refractivity contribution in [3.05, 3.63) is 54.6 Å². The summed E-state index contributed by atoms with van der Waals surface area (Å²) in [5.41, 5.74) is 7.20. The van der Waals surface area contributed by atoms with E-state index in [1.165, 1.54) is 11.8 Å². The topological polar surface area (TPSA) is 46.3 Å². The van der Waals surface area contributed by atoms with Crippen molar-refractivity contribution in [2.75, 3.05) is 23.4 Å². The number of nitrogens with two attached hydrogens (primary N) is 1. The van der Waals surface area contributed by atoms with Crippen LogP contribution in [0.1, 0.15) is 0 Å². The second-order valence-electron chi connectivity index (χ2n) is 4.15. The molecule has 0 fully saturated rings. The second-order valence-corrected chi connectivity index (χ2v) is 5.20. The highest BCUT2D eigenvalue weighted by molar-refractivity contribution is 8.00. The van der Waals surface area contributed by atoms with Gasteiger partial charge in [-0.3, -0.25) is 4.79 Å². The number of carbonyl (C=O) groups is 1. The lowest BCUT2D eigenvalue weighted by molar-refractivity contribution is -0.115. The van der Waals surface area contributed by atoms with Crippen molar-refractivity contribution >= 4 is 29.0 Å². The van der Waals surface area contributed by atoms with E-state index in [0.29, 0.717) is 11.4 Å². The van der Waals surface area contributed by atoms with Gasteiger partial charge >= 0.3 is 0 Å². The molecule has 0 saturated heterocycles. The smallest absolute Gasteiger partial charge is 0.237 e. The Hall–Kier alpha value is -1.94. The molecule has 2 rings (SSSR count). The van der Waals surface area contributed by atoms with E-state index in [9.17, 15) is 4.79 Å². The zero-order valence-corrected chi connectivity index (χ0v) is 11.6. The van der Waals surface area contributed by atoms with Crippen LogP contribution in [0.15, 0.2) is 59.5 Å². The molecule has 0 aliphatic rings. The number of anilines is 2. The first kappa shape index (κ1) is 13.5. The van der Waals surface area contributed by atoms with Crippen LogP contribution in [0.5, 0.6) is 0 Å². The third-order valence-electron chi connectivity index (χ3n) is 2.74. The first-order valence-corrected chi connectivity index (χ1v) is 6.95. The molecule has 0 aromatic heterocycles. The average Bonchev–Trinajstić information content (AvgIpc) is 2.45. The van der Waals surface area contributed by atoms with Gasteiger partial charge in [0.25, 0.3) is 0 Å². The van der Waals surface area contributed by atoms with E-state index >= 15 is 0 Å². The fraction of sp³-hybridized carbons (Fsp3) is 0.133. The third kappa shape index (κ3) is 3.76. The van der Waals surface area contributed by atoms with Crippen LogP contribution >= 0.6 is 11.8 Å². The Morgan fingerprint density at radius 2 is 1.89 bits per heavy atom. The number of carbonyl (C=O) groups excluding carboxylic acids is 1. The van der Waals surface area contributed by atoms with Gasteiger partial charge in [-0.25, -0.2) is 0 Å². The van der Waals surface area contributed by atoms with E-state index in [2.05, 4.69) is 0 Å². The lowest BCUT2D eigenvalue weighted by Crippen LogP contribution is -2.27. The van der Waals surface area contributed by atoms with Crippen molar-refractivity contribution in [3.63, 3.8) is 0 Å². The predicted molar refractivity (Wildman–Crippen MR) is 81.4 cm³/mol. The Kier molecular flexibility index (Phi) is 4.47. The summed E-state index contributed by atoms with van der Waals surface area (Å²) in [6.45, 7) is 0. The number of amides is 1. The number of thioether (sulfide) groups is 1. The number of nitrogens with zero attached hydrogens (tertiary/aromatic N) is 1. The highest BCUT2D eigenvalue weighted by atomic mass is 32.2. The van der Waals surface area contributed by atoms with Gasteiger partial charge in [0, 0.05) is 23.3 Å². The standard InChI is InChI=1S/C15H16N2OS/c1-17(13-7-5-6-12(16)10-13)15(18)11-19-14-8-3-2-4-9-14/h2-10H,11,16H2,1H3.